The SMILES string of the molecule is COc1cc(COCC2CCN(C(=O)[C@H](C)Oc3ccccc3)CC2)cc(OC)c1. The van der Waals surface area contributed by atoms with Crippen LogP contribution in [0.25, 0.3) is 0 Å². The number of methoxy groups -OCH3 is 2. The van der Waals surface area contributed by atoms with Gasteiger partial charge in [0, 0.05) is 25.8 Å². The van der Waals surface area contributed by atoms with Gasteiger partial charge in [-0.3, -0.25) is 4.79 Å². The lowest BCUT2D eigenvalue weighted by Crippen LogP contribution is -2.45. The van der Waals surface area contributed by atoms with Crippen LogP contribution in [0.1, 0.15) is 25.3 Å². The van der Waals surface area contributed by atoms with Crippen molar-refractivity contribution in [2.75, 3.05) is 33.9 Å². The lowest BCUT2D eigenvalue weighted by atomic mass is 9.97. The molecular weight excluding hydrogens is 382 g/mol. The zero-order chi connectivity index (χ0) is 21.3. The van der Waals surface area contributed by atoms with E-state index < -0.39 is 6.10 Å². The smallest absolute Gasteiger partial charge is 0.263 e. The minimum atomic E-state index is -0.483. The first kappa shape index (κ1) is 22.0. The van der Waals surface area contributed by atoms with E-state index in [9.17, 15) is 4.79 Å². The van der Waals surface area contributed by atoms with Crippen LogP contribution in [-0.2, 0) is 16.1 Å². The van der Waals surface area contributed by atoms with E-state index in [0.29, 0.717) is 19.1 Å². The van der Waals surface area contributed by atoms with E-state index in [1.165, 1.54) is 0 Å². The average Bonchev–Trinajstić information content (AvgIpc) is 2.79. The molecule has 30 heavy (non-hydrogen) atoms. The number of carbonyl (C=O) groups is 1. The third-order valence-corrected chi connectivity index (χ3v) is 5.36. The number of likely N-dealkylation sites (tertiary alicyclic amines) is 1. The largest absolute Gasteiger partial charge is 0.497 e. The number of hydrogen-bond donors (Lipinski definition) is 0. The molecule has 0 aromatic heterocycles. The van der Waals surface area contributed by atoms with Crippen molar-refractivity contribution in [2.24, 2.45) is 5.92 Å². The number of rotatable bonds is 9. The fourth-order valence-electron chi connectivity index (χ4n) is 3.62. The summed E-state index contributed by atoms with van der Waals surface area (Å²) >= 11 is 0. The highest BCUT2D eigenvalue weighted by molar-refractivity contribution is 5.81. The third-order valence-electron chi connectivity index (χ3n) is 5.36. The summed E-state index contributed by atoms with van der Waals surface area (Å²) in [5.41, 5.74) is 1.02. The van der Waals surface area contributed by atoms with Crippen molar-refractivity contribution in [2.45, 2.75) is 32.5 Å². The molecule has 3 rings (SSSR count). The lowest BCUT2D eigenvalue weighted by Gasteiger charge is -2.33. The van der Waals surface area contributed by atoms with Crippen molar-refractivity contribution in [3.63, 3.8) is 0 Å². The topological polar surface area (TPSA) is 57.2 Å². The van der Waals surface area contributed by atoms with Crippen molar-refractivity contribution in [1.82, 2.24) is 4.90 Å². The van der Waals surface area contributed by atoms with E-state index in [-0.39, 0.29) is 5.91 Å². The number of ether oxygens (including phenoxy) is 4. The molecule has 1 amide bonds. The van der Waals surface area contributed by atoms with Gasteiger partial charge in [0.05, 0.1) is 20.8 Å². The Balaban J connectivity index is 1.41. The number of para-hydroxylation sites is 1. The fourth-order valence-corrected chi connectivity index (χ4v) is 3.62. The molecule has 2 aromatic rings. The van der Waals surface area contributed by atoms with Gasteiger partial charge < -0.3 is 23.8 Å². The summed E-state index contributed by atoms with van der Waals surface area (Å²) in [5, 5.41) is 0. The van der Waals surface area contributed by atoms with Crippen molar-refractivity contribution in [3.05, 3.63) is 54.1 Å². The molecule has 0 saturated carbocycles. The quantitative estimate of drug-likeness (QED) is 0.624. The first-order chi connectivity index (χ1) is 14.6. The molecule has 1 aliphatic heterocycles. The summed E-state index contributed by atoms with van der Waals surface area (Å²) in [7, 11) is 3.28. The summed E-state index contributed by atoms with van der Waals surface area (Å²) < 4.78 is 22.3. The van der Waals surface area contributed by atoms with Gasteiger partial charge in [-0.15, -0.1) is 0 Å². The Hall–Kier alpha value is -2.73. The Bertz CT molecular complexity index is 780. The standard InChI is InChI=1S/C24H31NO5/c1-18(30-21-7-5-4-6-8-21)24(26)25-11-9-19(10-12-25)16-29-17-20-13-22(27-2)15-23(14-20)28-3/h4-8,13-15,18-19H,9-12,16-17H2,1-3H3/t18-/m0/s1. The van der Waals surface area contributed by atoms with Gasteiger partial charge >= 0.3 is 0 Å². The van der Waals surface area contributed by atoms with E-state index in [1.54, 1.807) is 14.2 Å². The number of carbonyl (C=O) groups excluding carboxylic acids is 1. The first-order valence-corrected chi connectivity index (χ1v) is 10.4. The van der Waals surface area contributed by atoms with Crippen molar-refractivity contribution in [1.29, 1.82) is 0 Å². The summed E-state index contributed by atoms with van der Waals surface area (Å²) in [4.78, 5) is 14.6. The second-order valence-corrected chi connectivity index (χ2v) is 7.58. The monoisotopic (exact) mass is 413 g/mol. The molecule has 1 aliphatic rings. The molecular formula is C24H31NO5. The Morgan fingerprint density at radius 3 is 2.23 bits per heavy atom. The molecule has 2 aromatic carbocycles. The maximum absolute atomic E-state index is 12.7. The fraction of sp³-hybridized carbons (Fsp3) is 0.458. The zero-order valence-electron chi connectivity index (χ0n) is 18.0. The molecule has 1 fully saturated rings. The lowest BCUT2D eigenvalue weighted by molar-refractivity contribution is -0.139. The Morgan fingerprint density at radius 1 is 1.00 bits per heavy atom. The number of benzene rings is 2. The number of nitrogens with zero attached hydrogens (tertiary/aromatic N) is 1. The molecule has 162 valence electrons. The zero-order valence-corrected chi connectivity index (χ0v) is 18.0. The van der Waals surface area contributed by atoms with Crippen LogP contribution in [-0.4, -0.2) is 50.8 Å². The van der Waals surface area contributed by atoms with Gasteiger partial charge in [-0.25, -0.2) is 0 Å². The first-order valence-electron chi connectivity index (χ1n) is 10.4. The van der Waals surface area contributed by atoms with E-state index in [4.69, 9.17) is 18.9 Å². The molecule has 0 unspecified atom stereocenters. The highest BCUT2D eigenvalue weighted by Crippen LogP contribution is 2.24. The van der Waals surface area contributed by atoms with Crippen LogP contribution in [0.3, 0.4) is 0 Å². The van der Waals surface area contributed by atoms with E-state index >= 15 is 0 Å². The van der Waals surface area contributed by atoms with E-state index in [2.05, 4.69) is 0 Å². The van der Waals surface area contributed by atoms with E-state index in [1.807, 2.05) is 60.4 Å². The van der Waals surface area contributed by atoms with Crippen molar-refractivity contribution in [3.8, 4) is 17.2 Å². The van der Waals surface area contributed by atoms with Crippen LogP contribution in [0, 0.1) is 5.92 Å². The van der Waals surface area contributed by atoms with Gasteiger partial charge in [0.1, 0.15) is 17.2 Å². The minimum absolute atomic E-state index is 0.0432. The Labute approximate surface area is 178 Å². The maximum atomic E-state index is 12.7. The van der Waals surface area contributed by atoms with Crippen LogP contribution in [0.5, 0.6) is 17.2 Å². The van der Waals surface area contributed by atoms with Gasteiger partial charge in [-0.05, 0) is 55.5 Å². The third kappa shape index (κ3) is 6.13. The Morgan fingerprint density at radius 2 is 1.63 bits per heavy atom. The minimum Gasteiger partial charge on any atom is -0.497 e. The summed E-state index contributed by atoms with van der Waals surface area (Å²) in [5.74, 6) is 2.72. The van der Waals surface area contributed by atoms with Gasteiger partial charge in [-0.1, -0.05) is 18.2 Å². The summed E-state index contributed by atoms with van der Waals surface area (Å²) in [6, 6.07) is 15.2. The number of hydrogen-bond acceptors (Lipinski definition) is 5. The van der Waals surface area contributed by atoms with Crippen LogP contribution in [0.2, 0.25) is 0 Å². The number of amides is 1. The second-order valence-electron chi connectivity index (χ2n) is 7.58. The molecule has 1 atom stereocenters. The molecule has 0 spiro atoms. The van der Waals surface area contributed by atoms with E-state index in [0.717, 1.165) is 48.7 Å². The van der Waals surface area contributed by atoms with Crippen LogP contribution in [0.4, 0.5) is 0 Å². The highest BCUT2D eigenvalue weighted by atomic mass is 16.5. The normalized spacial score (nSPS) is 15.5. The van der Waals surface area contributed by atoms with Crippen molar-refractivity contribution < 1.29 is 23.7 Å². The molecule has 6 heteroatoms. The summed E-state index contributed by atoms with van der Waals surface area (Å²) in [6.45, 7) is 4.48. The van der Waals surface area contributed by atoms with Crippen LogP contribution >= 0.6 is 0 Å². The molecule has 1 saturated heterocycles. The molecule has 0 bridgehead atoms. The van der Waals surface area contributed by atoms with Gasteiger partial charge in [0.25, 0.3) is 5.91 Å². The maximum Gasteiger partial charge on any atom is 0.263 e. The van der Waals surface area contributed by atoms with Gasteiger partial charge in [0.15, 0.2) is 6.10 Å². The van der Waals surface area contributed by atoms with Crippen LogP contribution < -0.4 is 14.2 Å². The molecule has 6 nitrogen and oxygen atoms in total. The van der Waals surface area contributed by atoms with Gasteiger partial charge in [-0.2, -0.15) is 0 Å². The van der Waals surface area contributed by atoms with Crippen molar-refractivity contribution >= 4 is 5.91 Å². The number of piperidine rings is 1. The molecule has 1 heterocycles. The summed E-state index contributed by atoms with van der Waals surface area (Å²) in [6.07, 6.45) is 1.39. The van der Waals surface area contributed by atoms with Gasteiger partial charge in [0.2, 0.25) is 0 Å². The predicted octanol–water partition coefficient (Wildman–Crippen LogP) is 3.93. The highest BCUT2D eigenvalue weighted by Gasteiger charge is 2.27. The molecule has 0 N–H and O–H groups in total. The predicted molar refractivity (Wildman–Crippen MR) is 115 cm³/mol. The molecule has 0 radical (unpaired) electrons. The second kappa shape index (κ2) is 10.9. The van der Waals surface area contributed by atoms with Crippen LogP contribution in [0.15, 0.2) is 48.5 Å². The average molecular weight is 414 g/mol. The molecule has 0 aliphatic carbocycles. The Kier molecular flexibility index (Phi) is 7.97.